The molecule has 1 atom stereocenters. The van der Waals surface area contributed by atoms with Crippen molar-refractivity contribution in [1.29, 1.82) is 0 Å². The van der Waals surface area contributed by atoms with E-state index in [0.29, 0.717) is 0 Å². The molecule has 0 radical (unpaired) electrons. The van der Waals surface area contributed by atoms with E-state index in [0.717, 1.165) is 18.2 Å². The van der Waals surface area contributed by atoms with Gasteiger partial charge in [-0.05, 0) is 68.5 Å². The highest BCUT2D eigenvalue weighted by molar-refractivity contribution is 5.35. The summed E-state index contributed by atoms with van der Waals surface area (Å²) in [6, 6.07) is 8.75. The second-order valence-corrected chi connectivity index (χ2v) is 5.55. The fourth-order valence-corrected chi connectivity index (χ4v) is 2.81. The number of nitrogens with zero attached hydrogens (tertiary/aromatic N) is 2. The van der Waals surface area contributed by atoms with Gasteiger partial charge in [-0.1, -0.05) is 12.1 Å². The number of hydrogen-bond donors (Lipinski definition) is 1. The Bertz CT molecular complexity index is 538. The molecule has 1 saturated heterocycles. The number of aryl methyl sites for hydroxylation is 1. The standard InChI is InChI=1S/C16H21N3/c1-13-10-18-19(12-13)16-6-2-4-14(9-16)8-15-5-3-7-17-11-15/h2,4,6,9-10,12,15,17H,3,5,7-8,11H2,1H3. The van der Waals surface area contributed by atoms with Gasteiger partial charge >= 0.3 is 0 Å². The van der Waals surface area contributed by atoms with Gasteiger partial charge in [-0.2, -0.15) is 5.10 Å². The summed E-state index contributed by atoms with van der Waals surface area (Å²) in [5.41, 5.74) is 3.77. The third-order valence-corrected chi connectivity index (χ3v) is 3.81. The van der Waals surface area contributed by atoms with E-state index in [1.807, 2.05) is 10.9 Å². The third kappa shape index (κ3) is 3.04. The molecule has 0 bridgehead atoms. The monoisotopic (exact) mass is 255 g/mol. The van der Waals surface area contributed by atoms with Crippen LogP contribution in [0.3, 0.4) is 0 Å². The Balaban J connectivity index is 1.75. The van der Waals surface area contributed by atoms with Crippen LogP contribution in [0.2, 0.25) is 0 Å². The second kappa shape index (κ2) is 5.57. The zero-order valence-corrected chi connectivity index (χ0v) is 11.5. The van der Waals surface area contributed by atoms with Gasteiger partial charge in [0.2, 0.25) is 0 Å². The maximum absolute atomic E-state index is 4.38. The Morgan fingerprint density at radius 1 is 1.42 bits per heavy atom. The van der Waals surface area contributed by atoms with Gasteiger partial charge in [0.15, 0.2) is 0 Å². The van der Waals surface area contributed by atoms with Crippen LogP contribution in [0.25, 0.3) is 5.69 Å². The van der Waals surface area contributed by atoms with Gasteiger partial charge in [-0.15, -0.1) is 0 Å². The van der Waals surface area contributed by atoms with Crippen molar-refractivity contribution >= 4 is 0 Å². The Morgan fingerprint density at radius 3 is 3.11 bits per heavy atom. The number of aromatic nitrogens is 2. The smallest absolute Gasteiger partial charge is 0.0648 e. The van der Waals surface area contributed by atoms with Crippen LogP contribution in [-0.2, 0) is 6.42 Å². The van der Waals surface area contributed by atoms with Crippen LogP contribution in [0.15, 0.2) is 36.7 Å². The maximum atomic E-state index is 4.38. The molecular weight excluding hydrogens is 234 g/mol. The molecule has 1 fully saturated rings. The minimum absolute atomic E-state index is 0.781. The zero-order valence-electron chi connectivity index (χ0n) is 11.5. The first-order valence-corrected chi connectivity index (χ1v) is 7.12. The molecule has 0 saturated carbocycles. The Labute approximate surface area is 114 Å². The topological polar surface area (TPSA) is 29.9 Å². The van der Waals surface area contributed by atoms with Crippen LogP contribution in [0.4, 0.5) is 0 Å². The predicted octanol–water partition coefficient (Wildman–Crippen LogP) is 2.72. The lowest BCUT2D eigenvalue weighted by molar-refractivity contribution is 0.376. The van der Waals surface area contributed by atoms with Crippen LogP contribution in [-0.4, -0.2) is 22.9 Å². The molecule has 3 rings (SSSR count). The number of nitrogens with one attached hydrogen (secondary N) is 1. The van der Waals surface area contributed by atoms with E-state index in [1.54, 1.807) is 0 Å². The largest absolute Gasteiger partial charge is 0.316 e. The van der Waals surface area contributed by atoms with E-state index in [1.165, 1.54) is 36.9 Å². The molecule has 100 valence electrons. The van der Waals surface area contributed by atoms with Crippen LogP contribution >= 0.6 is 0 Å². The highest BCUT2D eigenvalue weighted by Gasteiger charge is 2.13. The van der Waals surface area contributed by atoms with Gasteiger partial charge in [-0.3, -0.25) is 0 Å². The van der Waals surface area contributed by atoms with E-state index in [-0.39, 0.29) is 0 Å². The van der Waals surface area contributed by atoms with Crippen molar-refractivity contribution in [2.75, 3.05) is 13.1 Å². The molecule has 19 heavy (non-hydrogen) atoms. The summed E-state index contributed by atoms with van der Waals surface area (Å²) in [6.45, 7) is 4.41. The molecule has 1 aliphatic heterocycles. The number of hydrogen-bond acceptors (Lipinski definition) is 2. The summed E-state index contributed by atoms with van der Waals surface area (Å²) < 4.78 is 1.96. The Hall–Kier alpha value is -1.61. The summed E-state index contributed by atoms with van der Waals surface area (Å²) in [5, 5.41) is 7.87. The normalized spacial score (nSPS) is 19.5. The average Bonchev–Trinajstić information content (AvgIpc) is 2.87. The van der Waals surface area contributed by atoms with Gasteiger partial charge in [0.05, 0.1) is 11.9 Å². The van der Waals surface area contributed by atoms with Crippen LogP contribution in [0, 0.1) is 12.8 Å². The van der Waals surface area contributed by atoms with Gasteiger partial charge in [0.1, 0.15) is 0 Å². The molecule has 1 unspecified atom stereocenters. The molecule has 2 aromatic rings. The van der Waals surface area contributed by atoms with E-state index < -0.39 is 0 Å². The first-order valence-electron chi connectivity index (χ1n) is 7.12. The molecule has 1 aromatic heterocycles. The van der Waals surface area contributed by atoms with E-state index in [2.05, 4.69) is 47.8 Å². The van der Waals surface area contributed by atoms with Crippen LogP contribution in [0.5, 0.6) is 0 Å². The Kier molecular flexibility index (Phi) is 3.65. The lowest BCUT2D eigenvalue weighted by Gasteiger charge is -2.22. The molecular formula is C16H21N3. The highest BCUT2D eigenvalue weighted by atomic mass is 15.3. The summed E-state index contributed by atoms with van der Waals surface area (Å²) in [4.78, 5) is 0. The second-order valence-electron chi connectivity index (χ2n) is 5.55. The third-order valence-electron chi connectivity index (χ3n) is 3.81. The van der Waals surface area contributed by atoms with E-state index in [4.69, 9.17) is 0 Å². The highest BCUT2D eigenvalue weighted by Crippen LogP contribution is 2.18. The Morgan fingerprint density at radius 2 is 2.37 bits per heavy atom. The summed E-state index contributed by atoms with van der Waals surface area (Å²) in [7, 11) is 0. The number of rotatable bonds is 3. The van der Waals surface area contributed by atoms with Crippen molar-refractivity contribution < 1.29 is 0 Å². The molecule has 0 aliphatic carbocycles. The fourth-order valence-electron chi connectivity index (χ4n) is 2.81. The van der Waals surface area contributed by atoms with Crippen molar-refractivity contribution in [2.24, 2.45) is 5.92 Å². The fraction of sp³-hybridized carbons (Fsp3) is 0.438. The molecule has 1 aromatic carbocycles. The predicted molar refractivity (Wildman–Crippen MR) is 77.6 cm³/mol. The van der Waals surface area contributed by atoms with Gasteiger partial charge in [0, 0.05) is 6.20 Å². The van der Waals surface area contributed by atoms with Crippen molar-refractivity contribution in [3.63, 3.8) is 0 Å². The van der Waals surface area contributed by atoms with Crippen molar-refractivity contribution in [1.82, 2.24) is 15.1 Å². The maximum Gasteiger partial charge on any atom is 0.0648 e. The summed E-state index contributed by atoms with van der Waals surface area (Å²) in [5.74, 6) is 0.781. The minimum atomic E-state index is 0.781. The van der Waals surface area contributed by atoms with Crippen molar-refractivity contribution in [3.05, 3.63) is 47.8 Å². The average molecular weight is 255 g/mol. The molecule has 0 spiro atoms. The van der Waals surface area contributed by atoms with Crippen LogP contribution in [0.1, 0.15) is 24.0 Å². The van der Waals surface area contributed by atoms with Crippen molar-refractivity contribution in [3.8, 4) is 5.69 Å². The van der Waals surface area contributed by atoms with Crippen LogP contribution < -0.4 is 5.32 Å². The molecule has 0 amide bonds. The number of piperidine rings is 1. The summed E-state index contributed by atoms with van der Waals surface area (Å²) in [6.07, 6.45) is 7.79. The molecule has 2 heterocycles. The quantitative estimate of drug-likeness (QED) is 0.914. The molecule has 1 aliphatic rings. The lowest BCUT2D eigenvalue weighted by atomic mass is 9.92. The first kappa shape index (κ1) is 12.4. The van der Waals surface area contributed by atoms with Crippen molar-refractivity contribution in [2.45, 2.75) is 26.2 Å². The van der Waals surface area contributed by atoms with Gasteiger partial charge in [0.25, 0.3) is 0 Å². The van der Waals surface area contributed by atoms with E-state index >= 15 is 0 Å². The minimum Gasteiger partial charge on any atom is -0.316 e. The number of benzene rings is 1. The SMILES string of the molecule is Cc1cnn(-c2cccc(CC3CCCNC3)c2)c1. The van der Waals surface area contributed by atoms with Gasteiger partial charge < -0.3 is 5.32 Å². The molecule has 3 heteroatoms. The zero-order chi connectivity index (χ0) is 13.1. The lowest BCUT2D eigenvalue weighted by Crippen LogP contribution is -2.30. The molecule has 1 N–H and O–H groups in total. The van der Waals surface area contributed by atoms with E-state index in [9.17, 15) is 0 Å². The summed E-state index contributed by atoms with van der Waals surface area (Å²) >= 11 is 0. The van der Waals surface area contributed by atoms with Gasteiger partial charge in [-0.25, -0.2) is 4.68 Å². The first-order chi connectivity index (χ1) is 9.31. The molecule has 3 nitrogen and oxygen atoms in total.